The predicted molar refractivity (Wildman–Crippen MR) is 138 cm³/mol. The molecule has 0 bridgehead atoms. The summed E-state index contributed by atoms with van der Waals surface area (Å²) in [6, 6.07) is 15.5. The molecular weight excluding hydrogens is 519 g/mol. The van der Waals surface area contributed by atoms with Crippen LogP contribution in [0.15, 0.2) is 53.5 Å². The van der Waals surface area contributed by atoms with Crippen molar-refractivity contribution in [2.24, 2.45) is 16.6 Å². The van der Waals surface area contributed by atoms with Gasteiger partial charge >= 0.3 is 0 Å². The quantitative estimate of drug-likeness (QED) is 0.292. The van der Waals surface area contributed by atoms with Crippen LogP contribution in [0.25, 0.3) is 0 Å². The van der Waals surface area contributed by atoms with Crippen LogP contribution < -0.4 is 20.5 Å². The topological polar surface area (TPSA) is 89.2 Å². The number of hydrogen-bond donors (Lipinski definition) is 2. The summed E-state index contributed by atoms with van der Waals surface area (Å²) in [5.74, 6) is 3.06. The number of hydrogen-bond acceptors (Lipinski definition) is 4. The normalized spacial score (nSPS) is 16.1. The van der Waals surface area contributed by atoms with Crippen LogP contribution in [0.3, 0.4) is 0 Å². The zero-order chi connectivity index (χ0) is 22.1. The number of piperidine rings is 1. The fourth-order valence-electron chi connectivity index (χ4n) is 3.79. The van der Waals surface area contributed by atoms with Crippen molar-refractivity contribution in [3.63, 3.8) is 0 Å². The van der Waals surface area contributed by atoms with Gasteiger partial charge in [-0.25, -0.2) is 4.99 Å². The number of likely N-dealkylation sites (tertiary alicyclic amines) is 1. The smallest absolute Gasteiger partial charge is 0.217 e. The van der Waals surface area contributed by atoms with Crippen LogP contribution >= 0.6 is 24.0 Å². The summed E-state index contributed by atoms with van der Waals surface area (Å²) in [5, 5.41) is 3.37. The molecule has 0 saturated carbocycles. The number of halogens is 1. The Morgan fingerprint density at radius 3 is 2.56 bits per heavy atom. The molecule has 2 aromatic rings. The molecule has 1 aliphatic heterocycles. The van der Waals surface area contributed by atoms with Gasteiger partial charge in [0.2, 0.25) is 5.91 Å². The van der Waals surface area contributed by atoms with Crippen LogP contribution in [0.5, 0.6) is 17.2 Å². The monoisotopic (exact) mass is 552 g/mol. The molecule has 2 aromatic carbocycles. The molecule has 7 nitrogen and oxygen atoms in total. The Kier molecular flexibility index (Phi) is 10.6. The van der Waals surface area contributed by atoms with Crippen molar-refractivity contribution >= 4 is 35.8 Å². The lowest BCUT2D eigenvalue weighted by molar-refractivity contribution is -0.119. The second kappa shape index (κ2) is 13.1. The van der Waals surface area contributed by atoms with E-state index in [2.05, 4.69) is 17.1 Å². The SMILES string of the molecule is CCNC(=NCc1ccc(Oc2ccccc2OC)cc1)N1CCCC(CC(N)=O)C1.I. The minimum Gasteiger partial charge on any atom is -0.493 e. The number of nitrogens with zero attached hydrogens (tertiary/aromatic N) is 2. The van der Waals surface area contributed by atoms with E-state index in [0.29, 0.717) is 30.4 Å². The van der Waals surface area contributed by atoms with E-state index in [1.807, 2.05) is 48.5 Å². The van der Waals surface area contributed by atoms with Gasteiger partial charge in [-0.2, -0.15) is 0 Å². The van der Waals surface area contributed by atoms with Crippen LogP contribution in [0, 0.1) is 5.92 Å². The Balaban J connectivity index is 0.00000363. The first kappa shape index (κ1) is 25.8. The number of primary amides is 1. The minimum atomic E-state index is -0.232. The van der Waals surface area contributed by atoms with Crippen LogP contribution in [0.2, 0.25) is 0 Å². The summed E-state index contributed by atoms with van der Waals surface area (Å²) >= 11 is 0. The predicted octanol–water partition coefficient (Wildman–Crippen LogP) is 4.16. The second-order valence-corrected chi connectivity index (χ2v) is 7.69. The van der Waals surface area contributed by atoms with Gasteiger partial charge < -0.3 is 25.4 Å². The summed E-state index contributed by atoms with van der Waals surface area (Å²) in [7, 11) is 1.63. The van der Waals surface area contributed by atoms with Crippen LogP contribution in [0.1, 0.15) is 31.7 Å². The van der Waals surface area contributed by atoms with E-state index in [1.54, 1.807) is 7.11 Å². The van der Waals surface area contributed by atoms with E-state index < -0.39 is 0 Å². The van der Waals surface area contributed by atoms with Crippen molar-refractivity contribution in [2.45, 2.75) is 32.7 Å². The third kappa shape index (κ3) is 7.58. The maximum absolute atomic E-state index is 11.3. The lowest BCUT2D eigenvalue weighted by Crippen LogP contribution is -2.47. The molecule has 32 heavy (non-hydrogen) atoms. The molecule has 1 fully saturated rings. The molecule has 0 spiro atoms. The Morgan fingerprint density at radius 1 is 1.19 bits per heavy atom. The molecule has 1 saturated heterocycles. The average molecular weight is 552 g/mol. The number of para-hydroxylation sites is 2. The number of aliphatic imine (C=N–C) groups is 1. The number of nitrogens with one attached hydrogen (secondary N) is 1. The van der Waals surface area contributed by atoms with Gasteiger partial charge in [-0.3, -0.25) is 4.79 Å². The van der Waals surface area contributed by atoms with Gasteiger partial charge in [0, 0.05) is 26.1 Å². The molecule has 1 atom stereocenters. The molecule has 1 aliphatic rings. The molecule has 3 N–H and O–H groups in total. The van der Waals surface area contributed by atoms with Crippen molar-refractivity contribution in [2.75, 3.05) is 26.7 Å². The number of nitrogens with two attached hydrogens (primary N) is 1. The fourth-order valence-corrected chi connectivity index (χ4v) is 3.79. The number of rotatable bonds is 8. The molecule has 1 amide bonds. The van der Waals surface area contributed by atoms with E-state index >= 15 is 0 Å². The number of carbonyl (C=O) groups is 1. The van der Waals surface area contributed by atoms with Gasteiger partial charge in [0.05, 0.1) is 13.7 Å². The average Bonchev–Trinajstić information content (AvgIpc) is 2.78. The highest BCUT2D eigenvalue weighted by Gasteiger charge is 2.23. The van der Waals surface area contributed by atoms with E-state index in [4.69, 9.17) is 20.2 Å². The van der Waals surface area contributed by atoms with Gasteiger partial charge in [-0.1, -0.05) is 24.3 Å². The van der Waals surface area contributed by atoms with E-state index in [0.717, 1.165) is 49.7 Å². The summed E-state index contributed by atoms with van der Waals surface area (Å²) in [6.45, 7) is 5.16. The first-order valence-electron chi connectivity index (χ1n) is 10.8. The third-order valence-corrected chi connectivity index (χ3v) is 5.27. The van der Waals surface area contributed by atoms with Gasteiger partial charge in [0.15, 0.2) is 17.5 Å². The molecule has 0 aromatic heterocycles. The second-order valence-electron chi connectivity index (χ2n) is 7.69. The van der Waals surface area contributed by atoms with Crippen molar-refractivity contribution in [1.82, 2.24) is 10.2 Å². The zero-order valence-corrected chi connectivity index (χ0v) is 21.1. The molecular formula is C24H33IN4O3. The summed E-state index contributed by atoms with van der Waals surface area (Å²) in [4.78, 5) is 18.4. The number of methoxy groups -OCH3 is 1. The lowest BCUT2D eigenvalue weighted by atomic mass is 9.95. The zero-order valence-electron chi connectivity index (χ0n) is 18.8. The van der Waals surface area contributed by atoms with E-state index in [-0.39, 0.29) is 29.9 Å². The number of ether oxygens (including phenoxy) is 2. The number of amides is 1. The highest BCUT2D eigenvalue weighted by Crippen LogP contribution is 2.31. The molecule has 1 unspecified atom stereocenters. The Labute approximate surface area is 207 Å². The number of benzene rings is 2. The van der Waals surface area contributed by atoms with Crippen LogP contribution in [-0.2, 0) is 11.3 Å². The lowest BCUT2D eigenvalue weighted by Gasteiger charge is -2.34. The number of guanidine groups is 1. The largest absolute Gasteiger partial charge is 0.493 e. The first-order chi connectivity index (χ1) is 15.1. The van der Waals surface area contributed by atoms with Gasteiger partial charge in [0.25, 0.3) is 0 Å². The third-order valence-electron chi connectivity index (χ3n) is 5.27. The number of carbonyl (C=O) groups excluding carboxylic acids is 1. The fraction of sp³-hybridized carbons (Fsp3) is 0.417. The van der Waals surface area contributed by atoms with Gasteiger partial charge in [0.1, 0.15) is 5.75 Å². The highest BCUT2D eigenvalue weighted by molar-refractivity contribution is 14.0. The maximum Gasteiger partial charge on any atom is 0.217 e. The first-order valence-corrected chi connectivity index (χ1v) is 10.8. The Bertz CT molecular complexity index is 889. The molecule has 0 radical (unpaired) electrons. The maximum atomic E-state index is 11.3. The van der Waals surface area contributed by atoms with E-state index in [1.165, 1.54) is 0 Å². The highest BCUT2D eigenvalue weighted by atomic mass is 127. The Hall–Kier alpha value is -2.49. The van der Waals surface area contributed by atoms with Crippen molar-refractivity contribution in [3.8, 4) is 17.2 Å². The summed E-state index contributed by atoms with van der Waals surface area (Å²) in [5.41, 5.74) is 6.49. The van der Waals surface area contributed by atoms with Gasteiger partial charge in [-0.05, 0) is 55.5 Å². The Morgan fingerprint density at radius 2 is 1.91 bits per heavy atom. The molecule has 0 aliphatic carbocycles. The van der Waals surface area contributed by atoms with Crippen molar-refractivity contribution in [3.05, 3.63) is 54.1 Å². The van der Waals surface area contributed by atoms with Crippen molar-refractivity contribution in [1.29, 1.82) is 0 Å². The summed E-state index contributed by atoms with van der Waals surface area (Å²) < 4.78 is 11.3. The minimum absolute atomic E-state index is 0. The summed E-state index contributed by atoms with van der Waals surface area (Å²) in [6.07, 6.45) is 2.51. The van der Waals surface area contributed by atoms with E-state index in [9.17, 15) is 4.79 Å². The molecule has 8 heteroatoms. The molecule has 3 rings (SSSR count). The molecule has 174 valence electrons. The van der Waals surface area contributed by atoms with Crippen molar-refractivity contribution < 1.29 is 14.3 Å². The van der Waals surface area contributed by atoms with Crippen LogP contribution in [-0.4, -0.2) is 43.5 Å². The van der Waals surface area contributed by atoms with Crippen LogP contribution in [0.4, 0.5) is 0 Å². The standard InChI is InChI=1S/C24H32N4O3.HI/c1-3-26-24(28-14-6-7-19(17-28)15-23(25)29)27-16-18-10-12-20(13-11-18)31-22-9-5-4-8-21(22)30-2;/h4-5,8-13,19H,3,6-7,14-17H2,1-2H3,(H2,25,29)(H,26,27);1H. The molecule has 1 heterocycles. The van der Waals surface area contributed by atoms with Gasteiger partial charge in [-0.15, -0.1) is 24.0 Å².